The lowest BCUT2D eigenvalue weighted by molar-refractivity contribution is 0.0696. The number of carboxylic acid groups (broad SMARTS) is 1. The lowest BCUT2D eigenvalue weighted by Gasteiger charge is -2.14. The van der Waals surface area contributed by atoms with Crippen molar-refractivity contribution in [3.63, 3.8) is 0 Å². The van der Waals surface area contributed by atoms with Gasteiger partial charge in [-0.15, -0.1) is 0 Å². The first kappa shape index (κ1) is 19.9. The molecular formula is C19H24N2O4S. The first-order valence-corrected chi connectivity index (χ1v) is 10.1. The quantitative estimate of drug-likeness (QED) is 0.554. The van der Waals surface area contributed by atoms with E-state index in [1.807, 2.05) is 37.3 Å². The van der Waals surface area contributed by atoms with Gasteiger partial charge in [0.05, 0.1) is 11.3 Å². The maximum absolute atomic E-state index is 12.6. The Morgan fingerprint density at radius 3 is 2.46 bits per heavy atom. The van der Waals surface area contributed by atoms with Crippen molar-refractivity contribution in [2.45, 2.75) is 31.1 Å². The summed E-state index contributed by atoms with van der Waals surface area (Å²) in [5.41, 5.74) is 1.47. The van der Waals surface area contributed by atoms with Crippen molar-refractivity contribution in [1.82, 2.24) is 4.72 Å². The largest absolute Gasteiger partial charge is 0.478 e. The molecule has 2 aromatic rings. The fourth-order valence-electron chi connectivity index (χ4n) is 2.47. The minimum atomic E-state index is -3.79. The number of hydrogen-bond acceptors (Lipinski definition) is 4. The molecule has 0 aliphatic heterocycles. The fraction of sp³-hybridized carbons (Fsp3) is 0.316. The fourth-order valence-corrected chi connectivity index (χ4v) is 3.75. The minimum Gasteiger partial charge on any atom is -0.478 e. The second-order valence-corrected chi connectivity index (χ2v) is 7.67. The highest BCUT2D eigenvalue weighted by molar-refractivity contribution is 7.89. The molecule has 0 aliphatic carbocycles. The van der Waals surface area contributed by atoms with Crippen LogP contribution in [-0.4, -0.2) is 32.6 Å². The number of carbonyl (C=O) groups is 1. The van der Waals surface area contributed by atoms with Crippen molar-refractivity contribution >= 4 is 21.7 Å². The Bertz CT molecular complexity index is 836. The van der Waals surface area contributed by atoms with E-state index >= 15 is 0 Å². The molecule has 2 aromatic carbocycles. The zero-order chi connectivity index (χ0) is 19.0. The molecule has 6 nitrogen and oxygen atoms in total. The number of aromatic carboxylic acids is 1. The van der Waals surface area contributed by atoms with Crippen molar-refractivity contribution < 1.29 is 18.3 Å². The highest BCUT2D eigenvalue weighted by atomic mass is 32.2. The van der Waals surface area contributed by atoms with Crippen LogP contribution >= 0.6 is 0 Å². The van der Waals surface area contributed by atoms with Crippen molar-refractivity contribution in [2.75, 3.05) is 18.4 Å². The molecule has 26 heavy (non-hydrogen) atoms. The first-order valence-electron chi connectivity index (χ1n) is 8.59. The molecule has 2 rings (SSSR count). The molecule has 0 heterocycles. The summed E-state index contributed by atoms with van der Waals surface area (Å²) >= 11 is 0. The zero-order valence-electron chi connectivity index (χ0n) is 14.7. The van der Waals surface area contributed by atoms with Gasteiger partial charge in [0.25, 0.3) is 0 Å². The van der Waals surface area contributed by atoms with Crippen LogP contribution in [0.15, 0.2) is 53.4 Å². The third kappa shape index (κ3) is 5.57. The average molecular weight is 376 g/mol. The third-order valence-corrected chi connectivity index (χ3v) is 5.41. The number of anilines is 1. The molecule has 0 unspecified atom stereocenters. The Kier molecular flexibility index (Phi) is 7.17. The van der Waals surface area contributed by atoms with Gasteiger partial charge < -0.3 is 10.4 Å². The summed E-state index contributed by atoms with van der Waals surface area (Å²) in [6.07, 6.45) is 2.30. The Hall–Kier alpha value is -2.38. The van der Waals surface area contributed by atoms with Gasteiger partial charge in [0.2, 0.25) is 10.0 Å². The van der Waals surface area contributed by atoms with E-state index in [1.54, 1.807) is 0 Å². The topological polar surface area (TPSA) is 95.5 Å². The number of nitrogens with one attached hydrogen (secondary N) is 2. The van der Waals surface area contributed by atoms with Crippen LogP contribution in [0.5, 0.6) is 0 Å². The summed E-state index contributed by atoms with van der Waals surface area (Å²) in [6.45, 7) is 2.82. The first-order chi connectivity index (χ1) is 12.4. The van der Waals surface area contributed by atoms with Gasteiger partial charge >= 0.3 is 5.97 Å². The normalized spacial score (nSPS) is 11.3. The van der Waals surface area contributed by atoms with Gasteiger partial charge in [0, 0.05) is 13.1 Å². The molecule has 0 atom stereocenters. The molecule has 0 radical (unpaired) electrons. The summed E-state index contributed by atoms with van der Waals surface area (Å²) in [4.78, 5) is 11.2. The van der Waals surface area contributed by atoms with Gasteiger partial charge in [-0.25, -0.2) is 17.9 Å². The van der Waals surface area contributed by atoms with Crippen LogP contribution < -0.4 is 10.0 Å². The zero-order valence-corrected chi connectivity index (χ0v) is 15.6. The van der Waals surface area contributed by atoms with Gasteiger partial charge in [-0.3, -0.25) is 0 Å². The second kappa shape index (κ2) is 9.35. The summed E-state index contributed by atoms with van der Waals surface area (Å²) in [6, 6.07) is 13.9. The summed E-state index contributed by atoms with van der Waals surface area (Å²) in [7, 11) is -3.79. The van der Waals surface area contributed by atoms with E-state index in [2.05, 4.69) is 10.0 Å². The standard InChI is InChI=1S/C19H24N2O4S/c1-2-3-12-21-26(24,25)18-14-16(19(22)23)9-10-17(18)20-13-11-15-7-5-4-6-8-15/h4-10,14,20-21H,2-3,11-13H2,1H3,(H,22,23). The SMILES string of the molecule is CCCCNS(=O)(=O)c1cc(C(=O)O)ccc1NCCc1ccccc1. The Morgan fingerprint density at radius 2 is 1.81 bits per heavy atom. The smallest absolute Gasteiger partial charge is 0.335 e. The number of rotatable bonds is 10. The Balaban J connectivity index is 2.20. The number of benzene rings is 2. The number of sulfonamides is 1. The molecule has 0 aliphatic rings. The monoisotopic (exact) mass is 376 g/mol. The van der Waals surface area contributed by atoms with Crippen LogP contribution in [0.4, 0.5) is 5.69 Å². The van der Waals surface area contributed by atoms with Crippen molar-refractivity contribution in [3.05, 3.63) is 59.7 Å². The molecule has 7 heteroatoms. The maximum atomic E-state index is 12.6. The maximum Gasteiger partial charge on any atom is 0.335 e. The molecule has 0 amide bonds. The van der Waals surface area contributed by atoms with Gasteiger partial charge in [0.1, 0.15) is 4.90 Å². The van der Waals surface area contributed by atoms with Crippen molar-refractivity contribution in [3.8, 4) is 0 Å². The van der Waals surface area contributed by atoms with Gasteiger partial charge in [-0.05, 0) is 36.6 Å². The summed E-state index contributed by atoms with van der Waals surface area (Å²) < 4.78 is 27.7. The second-order valence-electron chi connectivity index (χ2n) is 5.93. The molecule has 3 N–H and O–H groups in total. The van der Waals surface area contributed by atoms with Crippen molar-refractivity contribution in [1.29, 1.82) is 0 Å². The van der Waals surface area contributed by atoms with E-state index < -0.39 is 16.0 Å². The summed E-state index contributed by atoms with van der Waals surface area (Å²) in [5, 5.41) is 12.3. The van der Waals surface area contributed by atoms with Crippen molar-refractivity contribution in [2.24, 2.45) is 0 Å². The van der Waals surface area contributed by atoms with Crippen LogP contribution in [0.25, 0.3) is 0 Å². The van der Waals surface area contributed by atoms with Crippen LogP contribution in [0.1, 0.15) is 35.7 Å². The molecule has 0 aromatic heterocycles. The number of unbranched alkanes of at least 4 members (excludes halogenated alkanes) is 1. The van der Waals surface area contributed by atoms with Crippen LogP contribution in [0.3, 0.4) is 0 Å². The molecule has 0 fully saturated rings. The van der Waals surface area contributed by atoms with Gasteiger partial charge in [0.15, 0.2) is 0 Å². The van der Waals surface area contributed by atoms with Crippen LogP contribution in [0.2, 0.25) is 0 Å². The predicted octanol–water partition coefficient (Wildman–Crippen LogP) is 3.12. The number of carboxylic acids is 1. The predicted molar refractivity (Wildman–Crippen MR) is 102 cm³/mol. The Labute approximate surface area is 154 Å². The van der Waals surface area contributed by atoms with Crippen LogP contribution in [-0.2, 0) is 16.4 Å². The van der Waals surface area contributed by atoms with E-state index in [-0.39, 0.29) is 10.5 Å². The summed E-state index contributed by atoms with van der Waals surface area (Å²) in [5.74, 6) is -1.16. The lowest BCUT2D eigenvalue weighted by Crippen LogP contribution is -2.26. The van der Waals surface area contributed by atoms with E-state index in [0.29, 0.717) is 25.2 Å². The number of hydrogen-bond donors (Lipinski definition) is 3. The highest BCUT2D eigenvalue weighted by Gasteiger charge is 2.20. The van der Waals surface area contributed by atoms with E-state index in [4.69, 9.17) is 5.11 Å². The van der Waals surface area contributed by atoms with Crippen LogP contribution in [0, 0.1) is 0 Å². The lowest BCUT2D eigenvalue weighted by atomic mass is 10.1. The molecule has 0 saturated carbocycles. The van der Waals surface area contributed by atoms with Gasteiger partial charge in [-0.2, -0.15) is 0 Å². The average Bonchev–Trinajstić information content (AvgIpc) is 2.62. The van der Waals surface area contributed by atoms with Gasteiger partial charge in [-0.1, -0.05) is 43.7 Å². The van der Waals surface area contributed by atoms with E-state index in [9.17, 15) is 13.2 Å². The van der Waals surface area contributed by atoms with E-state index in [1.165, 1.54) is 18.2 Å². The van der Waals surface area contributed by atoms with E-state index in [0.717, 1.165) is 18.4 Å². The minimum absolute atomic E-state index is 0.0402. The molecule has 0 saturated heterocycles. The third-order valence-electron chi connectivity index (χ3n) is 3.91. The molecule has 140 valence electrons. The molecular weight excluding hydrogens is 352 g/mol. The Morgan fingerprint density at radius 1 is 1.08 bits per heavy atom. The molecule has 0 spiro atoms. The molecule has 0 bridgehead atoms. The highest BCUT2D eigenvalue weighted by Crippen LogP contribution is 2.23.